The molecule has 0 fully saturated rings. The Morgan fingerprint density at radius 1 is 1.22 bits per heavy atom. The van der Waals surface area contributed by atoms with Crippen LogP contribution in [0.15, 0.2) is 45.7 Å². The Bertz CT molecular complexity index is 634. The summed E-state index contributed by atoms with van der Waals surface area (Å²) in [7, 11) is 0. The van der Waals surface area contributed by atoms with E-state index < -0.39 is 0 Å². The molecular formula is C17H20BrNO4. The molecule has 0 radical (unpaired) electrons. The Morgan fingerprint density at radius 2 is 1.87 bits per heavy atom. The number of hydrogen-bond donors (Lipinski definition) is 1. The summed E-state index contributed by atoms with van der Waals surface area (Å²) in [6, 6.07) is 8.61. The van der Waals surface area contributed by atoms with Crippen LogP contribution in [0.3, 0.4) is 0 Å². The molecule has 2 aromatic rings. The van der Waals surface area contributed by atoms with Gasteiger partial charge in [-0.25, -0.2) is 0 Å². The van der Waals surface area contributed by atoms with Crippen LogP contribution in [0.1, 0.15) is 36.7 Å². The zero-order chi connectivity index (χ0) is 17.2. The van der Waals surface area contributed by atoms with E-state index in [1.165, 1.54) is 6.26 Å². The second-order valence-electron chi connectivity index (χ2n) is 4.27. The molecule has 124 valence electrons. The first-order valence-corrected chi connectivity index (χ1v) is 8.17. The van der Waals surface area contributed by atoms with Crippen molar-refractivity contribution in [3.63, 3.8) is 0 Å². The van der Waals surface area contributed by atoms with Crippen LogP contribution in [0.25, 0.3) is 0 Å². The summed E-state index contributed by atoms with van der Waals surface area (Å²) in [5.74, 6) is -0.528. The van der Waals surface area contributed by atoms with Gasteiger partial charge in [-0.05, 0) is 40.5 Å². The van der Waals surface area contributed by atoms with Gasteiger partial charge in [0.15, 0.2) is 4.67 Å². The highest BCUT2D eigenvalue weighted by molar-refractivity contribution is 9.10. The van der Waals surface area contributed by atoms with Crippen LogP contribution >= 0.6 is 15.9 Å². The minimum Gasteiger partial charge on any atom is -0.466 e. The van der Waals surface area contributed by atoms with E-state index >= 15 is 0 Å². The van der Waals surface area contributed by atoms with E-state index in [9.17, 15) is 9.59 Å². The summed E-state index contributed by atoms with van der Waals surface area (Å²) in [5.41, 5.74) is 1.90. The maximum atomic E-state index is 11.9. The molecule has 0 aliphatic carbocycles. The molecule has 23 heavy (non-hydrogen) atoms. The molecule has 0 saturated heterocycles. The molecule has 1 aromatic carbocycles. The van der Waals surface area contributed by atoms with Crippen molar-refractivity contribution in [2.75, 3.05) is 11.9 Å². The fraction of sp³-hybridized carbons (Fsp3) is 0.294. The summed E-state index contributed by atoms with van der Waals surface area (Å²) in [6.07, 6.45) is 1.59. The number of esters is 1. The zero-order valence-electron chi connectivity index (χ0n) is 13.4. The summed E-state index contributed by atoms with van der Waals surface area (Å²) in [6.45, 7) is 6.14. The molecule has 1 N–H and O–H groups in total. The SMILES string of the molecule is CC.CCOC(=O)Cc1ccc(NC(=O)c2coc(Br)c2)cc1. The fourth-order valence-corrected chi connectivity index (χ4v) is 2.06. The average Bonchev–Trinajstić information content (AvgIpc) is 2.98. The van der Waals surface area contributed by atoms with Gasteiger partial charge in [0.2, 0.25) is 0 Å². The van der Waals surface area contributed by atoms with Gasteiger partial charge in [-0.1, -0.05) is 26.0 Å². The summed E-state index contributed by atoms with van der Waals surface area (Å²) in [4.78, 5) is 23.3. The predicted molar refractivity (Wildman–Crippen MR) is 92.5 cm³/mol. The summed E-state index contributed by atoms with van der Waals surface area (Å²) < 4.78 is 10.4. The lowest BCUT2D eigenvalue weighted by Crippen LogP contribution is -2.11. The van der Waals surface area contributed by atoms with Crippen LogP contribution in [0.4, 0.5) is 5.69 Å². The highest BCUT2D eigenvalue weighted by atomic mass is 79.9. The highest BCUT2D eigenvalue weighted by Crippen LogP contribution is 2.16. The maximum Gasteiger partial charge on any atom is 0.310 e. The summed E-state index contributed by atoms with van der Waals surface area (Å²) in [5, 5.41) is 2.74. The zero-order valence-corrected chi connectivity index (χ0v) is 15.0. The Labute approximate surface area is 144 Å². The van der Waals surface area contributed by atoms with Gasteiger partial charge < -0.3 is 14.5 Å². The minimum atomic E-state index is -0.266. The number of amides is 1. The van der Waals surface area contributed by atoms with Crippen molar-refractivity contribution in [3.05, 3.63) is 52.4 Å². The van der Waals surface area contributed by atoms with Crippen molar-refractivity contribution in [1.82, 2.24) is 0 Å². The molecule has 2 rings (SSSR count). The first-order valence-electron chi connectivity index (χ1n) is 7.38. The number of ether oxygens (including phenoxy) is 1. The second kappa shape index (κ2) is 9.84. The molecule has 5 nitrogen and oxygen atoms in total. The van der Waals surface area contributed by atoms with Crippen molar-refractivity contribution in [2.24, 2.45) is 0 Å². The van der Waals surface area contributed by atoms with Gasteiger partial charge in [0.1, 0.15) is 6.26 Å². The van der Waals surface area contributed by atoms with Crippen LogP contribution in [0.2, 0.25) is 0 Å². The number of carbonyl (C=O) groups excluding carboxylic acids is 2. The van der Waals surface area contributed by atoms with Gasteiger partial charge in [-0.3, -0.25) is 9.59 Å². The second-order valence-corrected chi connectivity index (χ2v) is 5.05. The van der Waals surface area contributed by atoms with Crippen molar-refractivity contribution in [2.45, 2.75) is 27.2 Å². The molecule has 0 aliphatic heterocycles. The number of nitrogens with one attached hydrogen (secondary N) is 1. The maximum absolute atomic E-state index is 11.9. The van der Waals surface area contributed by atoms with Crippen LogP contribution in [-0.4, -0.2) is 18.5 Å². The summed E-state index contributed by atoms with van der Waals surface area (Å²) >= 11 is 3.14. The van der Waals surface area contributed by atoms with Crippen LogP contribution in [0, 0.1) is 0 Å². The molecule has 0 unspecified atom stereocenters. The lowest BCUT2D eigenvalue weighted by molar-refractivity contribution is -0.142. The normalized spacial score (nSPS) is 9.57. The van der Waals surface area contributed by atoms with Gasteiger partial charge in [-0.15, -0.1) is 0 Å². The lowest BCUT2D eigenvalue weighted by Gasteiger charge is -2.05. The first-order chi connectivity index (χ1) is 11.1. The van der Waals surface area contributed by atoms with E-state index in [1.807, 2.05) is 13.8 Å². The molecule has 1 amide bonds. The van der Waals surface area contributed by atoms with Crippen LogP contribution in [0.5, 0.6) is 0 Å². The molecule has 1 aromatic heterocycles. The number of halogens is 1. The number of anilines is 1. The van der Waals surface area contributed by atoms with Crippen LogP contribution in [-0.2, 0) is 16.0 Å². The third-order valence-electron chi connectivity index (χ3n) is 2.70. The topological polar surface area (TPSA) is 68.5 Å². The quantitative estimate of drug-likeness (QED) is 0.777. The lowest BCUT2D eigenvalue weighted by atomic mass is 10.1. The molecule has 0 spiro atoms. The van der Waals surface area contributed by atoms with Gasteiger partial charge in [0.25, 0.3) is 5.91 Å². The number of carbonyl (C=O) groups is 2. The van der Waals surface area contributed by atoms with E-state index in [2.05, 4.69) is 21.2 Å². The van der Waals surface area contributed by atoms with Gasteiger partial charge >= 0.3 is 5.97 Å². The molecule has 0 atom stereocenters. The molecule has 6 heteroatoms. The number of hydrogen-bond acceptors (Lipinski definition) is 4. The van der Waals surface area contributed by atoms with Crippen molar-refractivity contribution < 1.29 is 18.7 Å². The Balaban J connectivity index is 0.00000127. The van der Waals surface area contributed by atoms with E-state index in [0.29, 0.717) is 22.5 Å². The monoisotopic (exact) mass is 381 g/mol. The van der Waals surface area contributed by atoms with E-state index in [-0.39, 0.29) is 18.3 Å². The molecule has 1 heterocycles. The third kappa shape index (κ3) is 6.28. The first kappa shape index (κ1) is 19.0. The third-order valence-corrected chi connectivity index (χ3v) is 3.11. The van der Waals surface area contributed by atoms with E-state index in [4.69, 9.17) is 9.15 Å². The highest BCUT2D eigenvalue weighted by Gasteiger charge is 2.10. The van der Waals surface area contributed by atoms with Crippen molar-refractivity contribution in [3.8, 4) is 0 Å². The predicted octanol–water partition coefficient (Wildman–Crippen LogP) is 4.43. The largest absolute Gasteiger partial charge is 0.466 e. The Hall–Kier alpha value is -2.08. The molecule has 0 saturated carbocycles. The average molecular weight is 382 g/mol. The van der Waals surface area contributed by atoms with Crippen molar-refractivity contribution >= 4 is 33.5 Å². The van der Waals surface area contributed by atoms with E-state index in [1.54, 1.807) is 37.3 Å². The van der Waals surface area contributed by atoms with Gasteiger partial charge in [-0.2, -0.15) is 0 Å². The number of furan rings is 1. The number of benzene rings is 1. The molecule has 0 bridgehead atoms. The smallest absolute Gasteiger partial charge is 0.310 e. The fourth-order valence-electron chi connectivity index (χ4n) is 1.72. The molecule has 0 aliphatic rings. The Kier molecular flexibility index (Phi) is 8.11. The van der Waals surface area contributed by atoms with Gasteiger partial charge in [0, 0.05) is 11.8 Å². The molecular weight excluding hydrogens is 362 g/mol. The van der Waals surface area contributed by atoms with Gasteiger partial charge in [0.05, 0.1) is 18.6 Å². The Morgan fingerprint density at radius 3 is 2.39 bits per heavy atom. The standard InChI is InChI=1S/C15H14BrNO4.C2H6/c1-2-20-14(18)7-10-3-5-12(6-4-10)17-15(19)11-8-13(16)21-9-11;1-2/h3-6,8-9H,2,7H2,1H3,(H,17,19);1-2H3. The van der Waals surface area contributed by atoms with Crippen LogP contribution < -0.4 is 5.32 Å². The minimum absolute atomic E-state index is 0.219. The van der Waals surface area contributed by atoms with E-state index in [0.717, 1.165) is 5.56 Å². The number of rotatable bonds is 5. The van der Waals surface area contributed by atoms with Crippen molar-refractivity contribution in [1.29, 1.82) is 0 Å².